The van der Waals surface area contributed by atoms with Crippen LogP contribution in [0.5, 0.6) is 0 Å². The summed E-state index contributed by atoms with van der Waals surface area (Å²) >= 11 is 0. The minimum Gasteiger partial charge on any atom is -0.452 e. The van der Waals surface area contributed by atoms with Crippen molar-refractivity contribution in [2.24, 2.45) is 0 Å². The number of rotatable bonds is 6. The molecule has 7 heteroatoms. The molecule has 0 radical (unpaired) electrons. The fraction of sp³-hybridized carbons (Fsp3) is 0.154. The van der Waals surface area contributed by atoms with Crippen LogP contribution in [-0.4, -0.2) is 31.1 Å². The SMILES string of the molecule is COC(=O)N(C)c1ccc(NC(=O)CCc2c(-c3ccc(F)cc3)[nH]c3ccccc23)cc1. The maximum atomic E-state index is 13.4. The number of anilines is 2. The molecule has 0 unspecified atom stereocenters. The van der Waals surface area contributed by atoms with Gasteiger partial charge in [0.25, 0.3) is 0 Å². The number of amides is 2. The summed E-state index contributed by atoms with van der Waals surface area (Å²) in [5.41, 5.74) is 5.04. The molecule has 1 heterocycles. The van der Waals surface area contributed by atoms with Crippen LogP contribution in [0.25, 0.3) is 22.2 Å². The summed E-state index contributed by atoms with van der Waals surface area (Å²) in [6, 6.07) is 21.2. The van der Waals surface area contributed by atoms with Crippen LogP contribution in [0.15, 0.2) is 72.8 Å². The molecule has 0 saturated heterocycles. The number of carbonyl (C=O) groups excluding carboxylic acids is 2. The topological polar surface area (TPSA) is 74.4 Å². The molecule has 33 heavy (non-hydrogen) atoms. The molecule has 0 bridgehead atoms. The molecule has 0 aliphatic heterocycles. The van der Waals surface area contributed by atoms with Gasteiger partial charge in [0.2, 0.25) is 5.91 Å². The van der Waals surface area contributed by atoms with Gasteiger partial charge in [-0.1, -0.05) is 18.2 Å². The Bertz CT molecular complexity index is 1280. The molecule has 0 fully saturated rings. The lowest BCUT2D eigenvalue weighted by Gasteiger charge is -2.16. The lowest BCUT2D eigenvalue weighted by molar-refractivity contribution is -0.116. The van der Waals surface area contributed by atoms with Crippen molar-refractivity contribution >= 4 is 34.3 Å². The van der Waals surface area contributed by atoms with E-state index in [9.17, 15) is 14.0 Å². The van der Waals surface area contributed by atoms with E-state index in [4.69, 9.17) is 4.74 Å². The molecule has 2 N–H and O–H groups in total. The van der Waals surface area contributed by atoms with E-state index in [0.717, 1.165) is 27.7 Å². The third-order valence-electron chi connectivity index (χ3n) is 5.54. The van der Waals surface area contributed by atoms with Crippen molar-refractivity contribution in [2.45, 2.75) is 12.8 Å². The maximum Gasteiger partial charge on any atom is 0.413 e. The van der Waals surface area contributed by atoms with Crippen molar-refractivity contribution in [3.63, 3.8) is 0 Å². The third-order valence-corrected chi connectivity index (χ3v) is 5.54. The van der Waals surface area contributed by atoms with Crippen molar-refractivity contribution in [3.05, 3.63) is 84.2 Å². The first-order valence-electron chi connectivity index (χ1n) is 10.5. The predicted molar refractivity (Wildman–Crippen MR) is 128 cm³/mol. The fourth-order valence-corrected chi connectivity index (χ4v) is 3.80. The minimum absolute atomic E-state index is 0.126. The van der Waals surface area contributed by atoms with E-state index in [1.807, 2.05) is 24.3 Å². The molecule has 2 amide bonds. The van der Waals surface area contributed by atoms with E-state index in [-0.39, 0.29) is 18.1 Å². The minimum atomic E-state index is -0.470. The summed E-state index contributed by atoms with van der Waals surface area (Å²) < 4.78 is 18.1. The van der Waals surface area contributed by atoms with Crippen molar-refractivity contribution < 1.29 is 18.7 Å². The van der Waals surface area contributed by atoms with Gasteiger partial charge >= 0.3 is 6.09 Å². The Kier molecular flexibility index (Phi) is 6.40. The molecule has 3 aromatic carbocycles. The molecule has 1 aromatic heterocycles. The number of hydrogen-bond acceptors (Lipinski definition) is 3. The van der Waals surface area contributed by atoms with Gasteiger partial charge in [-0.2, -0.15) is 0 Å². The molecular formula is C26H24FN3O3. The summed E-state index contributed by atoms with van der Waals surface area (Å²) in [6.45, 7) is 0. The van der Waals surface area contributed by atoms with Gasteiger partial charge in [0, 0.05) is 41.4 Å². The standard InChI is InChI=1S/C26H24FN3O3/c1-30(26(32)33-2)20-13-11-19(12-14-20)28-24(31)16-15-22-21-5-3-4-6-23(21)29-25(22)17-7-9-18(27)10-8-17/h3-14,29H,15-16H2,1-2H3,(H,28,31). The van der Waals surface area contributed by atoms with Crippen LogP contribution in [0.1, 0.15) is 12.0 Å². The number of methoxy groups -OCH3 is 1. The Morgan fingerprint density at radius 2 is 1.70 bits per heavy atom. The second kappa shape index (κ2) is 9.56. The summed E-state index contributed by atoms with van der Waals surface area (Å²) in [4.78, 5) is 29.1. The monoisotopic (exact) mass is 445 g/mol. The first-order valence-corrected chi connectivity index (χ1v) is 10.5. The number of H-pyrrole nitrogens is 1. The second-order valence-electron chi connectivity index (χ2n) is 7.66. The quantitative estimate of drug-likeness (QED) is 0.397. The lowest BCUT2D eigenvalue weighted by atomic mass is 10.0. The van der Waals surface area contributed by atoms with Gasteiger partial charge < -0.3 is 15.0 Å². The first kappa shape index (κ1) is 22.1. The molecule has 6 nitrogen and oxygen atoms in total. The van der Waals surface area contributed by atoms with Crippen molar-refractivity contribution in [1.29, 1.82) is 0 Å². The average Bonchev–Trinajstić information content (AvgIpc) is 3.21. The van der Waals surface area contributed by atoms with Crippen LogP contribution in [0.4, 0.5) is 20.6 Å². The number of aromatic amines is 1. The number of aryl methyl sites for hydroxylation is 1. The van der Waals surface area contributed by atoms with Crippen LogP contribution in [-0.2, 0) is 16.0 Å². The predicted octanol–water partition coefficient (Wildman–Crippen LogP) is 5.75. The van der Waals surface area contributed by atoms with Gasteiger partial charge in [0.1, 0.15) is 5.82 Å². The van der Waals surface area contributed by atoms with Crippen molar-refractivity contribution in [1.82, 2.24) is 4.98 Å². The summed E-state index contributed by atoms with van der Waals surface area (Å²) in [5, 5.41) is 3.94. The maximum absolute atomic E-state index is 13.4. The van der Waals surface area contributed by atoms with Gasteiger partial charge in [-0.3, -0.25) is 9.69 Å². The number of nitrogens with zero attached hydrogens (tertiary/aromatic N) is 1. The Hall–Kier alpha value is -4.13. The van der Waals surface area contributed by atoms with Crippen molar-refractivity contribution in [2.75, 3.05) is 24.4 Å². The number of benzene rings is 3. The Morgan fingerprint density at radius 3 is 2.39 bits per heavy atom. The Morgan fingerprint density at radius 1 is 1.00 bits per heavy atom. The average molecular weight is 445 g/mol. The number of nitrogens with one attached hydrogen (secondary N) is 2. The second-order valence-corrected chi connectivity index (χ2v) is 7.66. The van der Waals surface area contributed by atoms with Crippen LogP contribution >= 0.6 is 0 Å². The van der Waals surface area contributed by atoms with E-state index in [2.05, 4.69) is 10.3 Å². The van der Waals surface area contributed by atoms with Crippen LogP contribution in [0, 0.1) is 5.82 Å². The molecule has 0 aliphatic rings. The number of halogens is 1. The molecule has 4 aromatic rings. The van der Waals surface area contributed by atoms with Gasteiger partial charge in [-0.15, -0.1) is 0 Å². The molecule has 0 aliphatic carbocycles. The number of hydrogen-bond donors (Lipinski definition) is 2. The van der Waals surface area contributed by atoms with Gasteiger partial charge in [-0.05, 0) is 72.1 Å². The largest absolute Gasteiger partial charge is 0.452 e. The smallest absolute Gasteiger partial charge is 0.413 e. The zero-order valence-electron chi connectivity index (χ0n) is 18.4. The third kappa shape index (κ3) is 4.87. The van der Waals surface area contributed by atoms with Crippen LogP contribution in [0.3, 0.4) is 0 Å². The summed E-state index contributed by atoms with van der Waals surface area (Å²) in [5.74, 6) is -0.418. The number of fused-ring (bicyclic) bond motifs is 1. The zero-order valence-corrected chi connectivity index (χ0v) is 18.4. The zero-order chi connectivity index (χ0) is 23.4. The van der Waals surface area contributed by atoms with E-state index in [1.54, 1.807) is 43.4 Å². The molecule has 0 saturated carbocycles. The number of para-hydroxylation sites is 1. The molecule has 4 rings (SSSR count). The van der Waals surface area contributed by atoms with E-state index < -0.39 is 6.09 Å². The van der Waals surface area contributed by atoms with Crippen LogP contribution in [0.2, 0.25) is 0 Å². The summed E-state index contributed by atoms with van der Waals surface area (Å²) in [7, 11) is 2.93. The highest BCUT2D eigenvalue weighted by atomic mass is 19.1. The molecule has 0 atom stereocenters. The molecule has 168 valence electrons. The van der Waals surface area contributed by atoms with Gasteiger partial charge in [0.15, 0.2) is 0 Å². The van der Waals surface area contributed by atoms with Crippen molar-refractivity contribution in [3.8, 4) is 11.3 Å². The number of aromatic nitrogens is 1. The Balaban J connectivity index is 1.48. The van der Waals surface area contributed by atoms with E-state index in [1.165, 1.54) is 24.1 Å². The van der Waals surface area contributed by atoms with E-state index in [0.29, 0.717) is 17.8 Å². The van der Waals surface area contributed by atoms with Gasteiger partial charge in [0.05, 0.1) is 7.11 Å². The highest BCUT2D eigenvalue weighted by Gasteiger charge is 2.15. The fourth-order valence-electron chi connectivity index (χ4n) is 3.80. The van der Waals surface area contributed by atoms with Crippen LogP contribution < -0.4 is 10.2 Å². The van der Waals surface area contributed by atoms with Gasteiger partial charge in [-0.25, -0.2) is 9.18 Å². The van der Waals surface area contributed by atoms with E-state index >= 15 is 0 Å². The summed E-state index contributed by atoms with van der Waals surface area (Å²) in [6.07, 6.45) is 0.327. The highest BCUT2D eigenvalue weighted by Crippen LogP contribution is 2.31. The molecule has 0 spiro atoms. The highest BCUT2D eigenvalue weighted by molar-refractivity contribution is 5.94. The normalized spacial score (nSPS) is 10.8. The first-order chi connectivity index (χ1) is 16.0. The number of carbonyl (C=O) groups is 2. The molecular weight excluding hydrogens is 421 g/mol. The lowest BCUT2D eigenvalue weighted by Crippen LogP contribution is -2.25. The Labute approximate surface area is 191 Å². The number of ether oxygens (including phenoxy) is 1.